The molecule has 1 amide bonds. The summed E-state index contributed by atoms with van der Waals surface area (Å²) in [6.07, 6.45) is 7.15. The van der Waals surface area contributed by atoms with E-state index in [4.69, 9.17) is 16.7 Å². The van der Waals surface area contributed by atoms with Crippen molar-refractivity contribution in [2.45, 2.75) is 38.1 Å². The van der Waals surface area contributed by atoms with Gasteiger partial charge in [0.1, 0.15) is 0 Å². The maximum atomic E-state index is 13.2. The molecule has 0 aliphatic carbocycles. The van der Waals surface area contributed by atoms with Gasteiger partial charge in [-0.15, -0.1) is 0 Å². The second kappa shape index (κ2) is 9.47. The molecule has 5 rings (SSSR count). The number of amides is 1. The summed E-state index contributed by atoms with van der Waals surface area (Å²) < 4.78 is 1.87. The standard InChI is InChI=1S/C26H29ClN4O/c27-22-10-8-20(9-11-22)26-21(19-31(28-26)24-6-2-1-3-7-24)18-25(32)30-16-12-23(13-17-30)29-14-4-5-15-29/h1-3,6-11,19,23H,4-5,12-18H2. The van der Waals surface area contributed by atoms with Crippen molar-refractivity contribution < 1.29 is 4.79 Å². The zero-order valence-electron chi connectivity index (χ0n) is 18.3. The molecular formula is C26H29ClN4O. The summed E-state index contributed by atoms with van der Waals surface area (Å²) in [6.45, 7) is 4.15. The van der Waals surface area contributed by atoms with E-state index in [1.807, 2.05) is 70.4 Å². The first-order chi connectivity index (χ1) is 15.7. The number of carbonyl (C=O) groups excluding carboxylic acids is 1. The Morgan fingerprint density at radius 2 is 1.62 bits per heavy atom. The van der Waals surface area contributed by atoms with Crippen LogP contribution in [0.1, 0.15) is 31.2 Å². The van der Waals surface area contributed by atoms with Crippen molar-refractivity contribution in [3.05, 3.63) is 71.4 Å². The summed E-state index contributed by atoms with van der Waals surface area (Å²) in [7, 11) is 0. The van der Waals surface area contributed by atoms with E-state index in [9.17, 15) is 4.79 Å². The van der Waals surface area contributed by atoms with Gasteiger partial charge in [-0.3, -0.25) is 4.79 Å². The number of likely N-dealkylation sites (tertiary alicyclic amines) is 2. The molecule has 5 nitrogen and oxygen atoms in total. The number of halogens is 1. The molecule has 2 aliphatic rings. The summed E-state index contributed by atoms with van der Waals surface area (Å²) in [5.74, 6) is 0.188. The zero-order valence-corrected chi connectivity index (χ0v) is 19.0. The van der Waals surface area contributed by atoms with Gasteiger partial charge in [0.2, 0.25) is 5.91 Å². The maximum Gasteiger partial charge on any atom is 0.227 e. The van der Waals surface area contributed by atoms with Gasteiger partial charge in [-0.05, 0) is 63.0 Å². The van der Waals surface area contributed by atoms with Crippen LogP contribution in [0.3, 0.4) is 0 Å². The third-order valence-corrected chi connectivity index (χ3v) is 7.00. The Morgan fingerprint density at radius 1 is 0.938 bits per heavy atom. The summed E-state index contributed by atoms with van der Waals surface area (Å²) in [4.78, 5) is 17.9. The predicted octanol–water partition coefficient (Wildman–Crippen LogP) is 4.82. The molecule has 6 heteroatoms. The van der Waals surface area contributed by atoms with E-state index in [0.717, 1.165) is 48.4 Å². The molecule has 2 aromatic carbocycles. The molecule has 0 saturated carbocycles. The fourth-order valence-electron chi connectivity index (χ4n) is 4.96. The number of piperidine rings is 1. The Balaban J connectivity index is 1.34. The minimum atomic E-state index is 0.188. The molecule has 2 fully saturated rings. The Morgan fingerprint density at radius 3 is 2.31 bits per heavy atom. The molecule has 32 heavy (non-hydrogen) atoms. The van der Waals surface area contributed by atoms with Crippen molar-refractivity contribution in [3.8, 4) is 16.9 Å². The molecule has 2 saturated heterocycles. The third-order valence-electron chi connectivity index (χ3n) is 6.74. The summed E-state index contributed by atoms with van der Waals surface area (Å²) in [5, 5.41) is 5.53. The van der Waals surface area contributed by atoms with Crippen LogP contribution in [0.5, 0.6) is 0 Å². The Hall–Kier alpha value is -2.63. The Labute approximate surface area is 194 Å². The van der Waals surface area contributed by atoms with Crippen molar-refractivity contribution in [1.82, 2.24) is 19.6 Å². The molecule has 0 N–H and O–H groups in total. The van der Waals surface area contributed by atoms with Gasteiger partial charge in [0.25, 0.3) is 0 Å². The van der Waals surface area contributed by atoms with Crippen molar-refractivity contribution in [3.63, 3.8) is 0 Å². The monoisotopic (exact) mass is 448 g/mol. The number of aromatic nitrogens is 2. The van der Waals surface area contributed by atoms with Crippen molar-refractivity contribution >= 4 is 17.5 Å². The number of para-hydroxylation sites is 1. The number of nitrogens with zero attached hydrogens (tertiary/aromatic N) is 4. The van der Waals surface area contributed by atoms with Gasteiger partial charge < -0.3 is 9.80 Å². The number of hydrogen-bond acceptors (Lipinski definition) is 3. The number of benzene rings is 2. The van der Waals surface area contributed by atoms with E-state index in [-0.39, 0.29) is 5.91 Å². The molecule has 0 unspecified atom stereocenters. The summed E-state index contributed by atoms with van der Waals surface area (Å²) in [5.41, 5.74) is 3.74. The fourth-order valence-corrected chi connectivity index (χ4v) is 5.09. The minimum absolute atomic E-state index is 0.188. The number of hydrogen-bond donors (Lipinski definition) is 0. The van der Waals surface area contributed by atoms with E-state index in [2.05, 4.69) is 4.90 Å². The molecule has 0 bridgehead atoms. The molecule has 3 heterocycles. The largest absolute Gasteiger partial charge is 0.342 e. The SMILES string of the molecule is O=C(Cc1cn(-c2ccccc2)nc1-c1ccc(Cl)cc1)N1CCC(N2CCCC2)CC1. The van der Waals surface area contributed by atoms with Crippen molar-refractivity contribution in [2.24, 2.45) is 0 Å². The molecule has 0 spiro atoms. The van der Waals surface area contributed by atoms with Crippen LogP contribution >= 0.6 is 11.6 Å². The Bertz CT molecular complexity index is 1050. The summed E-state index contributed by atoms with van der Waals surface area (Å²) in [6, 6.07) is 18.3. The highest BCUT2D eigenvalue weighted by Gasteiger charge is 2.29. The first-order valence-electron chi connectivity index (χ1n) is 11.6. The van der Waals surface area contributed by atoms with E-state index in [0.29, 0.717) is 17.5 Å². The molecule has 0 radical (unpaired) electrons. The van der Waals surface area contributed by atoms with E-state index >= 15 is 0 Å². The number of carbonyl (C=O) groups is 1. The van der Waals surface area contributed by atoms with Gasteiger partial charge in [-0.2, -0.15) is 5.10 Å². The topological polar surface area (TPSA) is 41.4 Å². The Kier molecular flexibility index (Phi) is 6.28. The van der Waals surface area contributed by atoms with Crippen molar-refractivity contribution in [1.29, 1.82) is 0 Å². The second-order valence-corrected chi connectivity index (χ2v) is 9.26. The van der Waals surface area contributed by atoms with Gasteiger partial charge in [0.05, 0.1) is 17.8 Å². The molecule has 0 atom stereocenters. The van der Waals surface area contributed by atoms with Crippen LogP contribution in [0.2, 0.25) is 5.02 Å². The second-order valence-electron chi connectivity index (χ2n) is 8.82. The van der Waals surface area contributed by atoms with E-state index < -0.39 is 0 Å². The third kappa shape index (κ3) is 4.59. The highest BCUT2D eigenvalue weighted by atomic mass is 35.5. The van der Waals surface area contributed by atoms with Gasteiger partial charge in [-0.1, -0.05) is 41.9 Å². The van der Waals surface area contributed by atoms with Crippen LogP contribution in [-0.4, -0.2) is 57.7 Å². The average Bonchev–Trinajstić information content (AvgIpc) is 3.51. The molecule has 3 aromatic rings. The lowest BCUT2D eigenvalue weighted by Crippen LogP contribution is -2.46. The highest BCUT2D eigenvalue weighted by Crippen LogP contribution is 2.27. The zero-order chi connectivity index (χ0) is 21.9. The quantitative estimate of drug-likeness (QED) is 0.561. The molecule has 166 valence electrons. The highest BCUT2D eigenvalue weighted by molar-refractivity contribution is 6.30. The summed E-state index contributed by atoms with van der Waals surface area (Å²) >= 11 is 6.09. The van der Waals surface area contributed by atoms with Crippen LogP contribution in [0.4, 0.5) is 0 Å². The molecular weight excluding hydrogens is 420 g/mol. The maximum absolute atomic E-state index is 13.2. The average molecular weight is 449 g/mol. The van der Waals surface area contributed by atoms with Crippen LogP contribution < -0.4 is 0 Å². The van der Waals surface area contributed by atoms with Crippen LogP contribution in [0.25, 0.3) is 16.9 Å². The minimum Gasteiger partial charge on any atom is -0.342 e. The van der Waals surface area contributed by atoms with Gasteiger partial charge in [0.15, 0.2) is 0 Å². The van der Waals surface area contributed by atoms with Gasteiger partial charge >= 0.3 is 0 Å². The van der Waals surface area contributed by atoms with Crippen LogP contribution in [0.15, 0.2) is 60.8 Å². The first kappa shape index (κ1) is 21.2. The van der Waals surface area contributed by atoms with Gasteiger partial charge in [0, 0.05) is 41.5 Å². The lowest BCUT2D eigenvalue weighted by atomic mass is 10.0. The number of rotatable bonds is 5. The molecule has 2 aliphatic heterocycles. The predicted molar refractivity (Wildman–Crippen MR) is 128 cm³/mol. The van der Waals surface area contributed by atoms with E-state index in [1.165, 1.54) is 25.9 Å². The lowest BCUT2D eigenvalue weighted by Gasteiger charge is -2.36. The first-order valence-corrected chi connectivity index (χ1v) is 12.0. The van der Waals surface area contributed by atoms with Crippen molar-refractivity contribution in [2.75, 3.05) is 26.2 Å². The van der Waals surface area contributed by atoms with Crippen LogP contribution in [0, 0.1) is 0 Å². The smallest absolute Gasteiger partial charge is 0.227 e. The molecule has 1 aromatic heterocycles. The van der Waals surface area contributed by atoms with Crippen LogP contribution in [-0.2, 0) is 11.2 Å². The van der Waals surface area contributed by atoms with E-state index in [1.54, 1.807) is 0 Å². The fraction of sp³-hybridized carbons (Fsp3) is 0.385. The van der Waals surface area contributed by atoms with Gasteiger partial charge in [-0.25, -0.2) is 4.68 Å². The normalized spacial score (nSPS) is 17.7. The lowest BCUT2D eigenvalue weighted by molar-refractivity contribution is -0.132.